The Morgan fingerprint density at radius 2 is 0.963 bits per heavy atom. The first-order valence-electron chi connectivity index (χ1n) is 17.8. The molecule has 11 heteroatoms. The molecule has 0 bridgehead atoms. The fourth-order valence-corrected chi connectivity index (χ4v) is 5.17. The van der Waals surface area contributed by atoms with Crippen LogP contribution < -0.4 is 18.9 Å². The molecule has 0 atom stereocenters. The number of rotatable bonds is 23. The lowest BCUT2D eigenvalue weighted by atomic mass is 10.1. The van der Waals surface area contributed by atoms with E-state index >= 15 is 0 Å². The minimum atomic E-state index is -0.635. The van der Waals surface area contributed by atoms with Crippen LogP contribution in [0.1, 0.15) is 82.4 Å². The van der Waals surface area contributed by atoms with Crippen molar-refractivity contribution in [1.82, 2.24) is 0 Å². The Morgan fingerprint density at radius 3 is 1.44 bits per heavy atom. The van der Waals surface area contributed by atoms with E-state index in [0.29, 0.717) is 60.5 Å². The first-order chi connectivity index (χ1) is 26.3. The molecule has 0 aliphatic rings. The SMILES string of the molecule is C=CC(=O)OCCCCCCOc1ccc(C(=O)Oc2ccc3cc(OC(=O)c4ccc(OCCCCCCOC(=O)C=C)cc4)c(C=O)cc3c2)cc1. The van der Waals surface area contributed by atoms with Crippen molar-refractivity contribution in [2.24, 2.45) is 0 Å². The molecule has 4 aromatic rings. The summed E-state index contributed by atoms with van der Waals surface area (Å²) in [5, 5.41) is 1.28. The van der Waals surface area contributed by atoms with Crippen LogP contribution in [0.4, 0.5) is 0 Å². The molecule has 0 aromatic heterocycles. The van der Waals surface area contributed by atoms with Crippen LogP contribution in [0.25, 0.3) is 10.8 Å². The van der Waals surface area contributed by atoms with Crippen LogP contribution in [0, 0.1) is 0 Å². The number of ether oxygens (including phenoxy) is 6. The molecular weight excluding hydrogens is 692 g/mol. The number of benzene rings is 4. The number of aldehydes is 1. The number of hydrogen-bond donors (Lipinski definition) is 0. The van der Waals surface area contributed by atoms with Crippen LogP contribution in [0.15, 0.2) is 104 Å². The highest BCUT2D eigenvalue weighted by Gasteiger charge is 2.15. The zero-order valence-electron chi connectivity index (χ0n) is 30.1. The summed E-state index contributed by atoms with van der Waals surface area (Å²) in [6, 6.07) is 21.3. The molecule has 0 aliphatic carbocycles. The molecule has 0 heterocycles. The van der Waals surface area contributed by atoms with Crippen LogP contribution in [0.2, 0.25) is 0 Å². The molecule has 0 saturated heterocycles. The van der Waals surface area contributed by atoms with Crippen molar-refractivity contribution in [3.8, 4) is 23.0 Å². The standard InChI is InChI=1S/C43H44O11/c1-3-40(45)51-25-11-7-5-9-23-49-36-18-13-31(14-19-36)42(47)53-38-22-17-33-29-39(35(30-44)27-34(33)28-38)54-43(48)32-15-20-37(21-16-32)50-24-10-6-8-12-26-52-41(46)4-2/h3-4,13-22,27-30H,1-2,5-12,23-26H2. The Morgan fingerprint density at radius 1 is 0.500 bits per heavy atom. The first-order valence-corrected chi connectivity index (χ1v) is 17.8. The van der Waals surface area contributed by atoms with Gasteiger partial charge in [0.05, 0.1) is 43.1 Å². The summed E-state index contributed by atoms with van der Waals surface area (Å²) in [5.41, 5.74) is 0.778. The van der Waals surface area contributed by atoms with Crippen molar-refractivity contribution in [2.45, 2.75) is 51.4 Å². The number of carbonyl (C=O) groups is 5. The van der Waals surface area contributed by atoms with E-state index < -0.39 is 23.9 Å². The van der Waals surface area contributed by atoms with Gasteiger partial charge in [-0.1, -0.05) is 19.2 Å². The third-order valence-corrected chi connectivity index (χ3v) is 8.10. The second-order valence-corrected chi connectivity index (χ2v) is 12.1. The maximum Gasteiger partial charge on any atom is 0.343 e. The number of hydrogen-bond acceptors (Lipinski definition) is 11. The molecule has 0 fully saturated rings. The van der Waals surface area contributed by atoms with Crippen molar-refractivity contribution < 1.29 is 52.4 Å². The lowest BCUT2D eigenvalue weighted by molar-refractivity contribution is -0.138. The van der Waals surface area contributed by atoms with Crippen molar-refractivity contribution in [3.63, 3.8) is 0 Å². The summed E-state index contributed by atoms with van der Waals surface area (Å²) in [6.45, 7) is 8.48. The third-order valence-electron chi connectivity index (χ3n) is 8.10. The largest absolute Gasteiger partial charge is 0.494 e. The van der Waals surface area contributed by atoms with Gasteiger partial charge in [0.15, 0.2) is 6.29 Å². The number of unbranched alkanes of at least 4 members (excludes halogenated alkanes) is 6. The summed E-state index contributed by atoms with van der Waals surface area (Å²) in [7, 11) is 0. The van der Waals surface area contributed by atoms with Crippen molar-refractivity contribution >= 4 is 40.9 Å². The lowest BCUT2D eigenvalue weighted by Gasteiger charge is -2.11. The fourth-order valence-electron chi connectivity index (χ4n) is 5.17. The second-order valence-electron chi connectivity index (χ2n) is 12.1. The van der Waals surface area contributed by atoms with Gasteiger partial charge in [-0.2, -0.15) is 0 Å². The van der Waals surface area contributed by atoms with E-state index in [1.807, 2.05) is 0 Å². The van der Waals surface area contributed by atoms with Crippen molar-refractivity contribution in [2.75, 3.05) is 26.4 Å². The Hall–Kier alpha value is -6.23. The van der Waals surface area contributed by atoms with E-state index in [1.54, 1.807) is 78.9 Å². The van der Waals surface area contributed by atoms with Crippen molar-refractivity contribution in [1.29, 1.82) is 0 Å². The Balaban J connectivity index is 1.22. The number of esters is 4. The summed E-state index contributed by atoms with van der Waals surface area (Å²) in [5.74, 6) is -0.416. The van der Waals surface area contributed by atoms with Crippen LogP contribution in [0.3, 0.4) is 0 Å². The molecule has 0 saturated carbocycles. The molecule has 11 nitrogen and oxygen atoms in total. The zero-order chi connectivity index (χ0) is 38.5. The Kier molecular flexibility index (Phi) is 16.5. The third kappa shape index (κ3) is 13.4. The summed E-state index contributed by atoms with van der Waals surface area (Å²) < 4.78 is 32.6. The van der Waals surface area contributed by atoms with E-state index in [1.165, 1.54) is 0 Å². The van der Waals surface area contributed by atoms with Crippen LogP contribution in [-0.2, 0) is 19.1 Å². The Bertz CT molecular complexity index is 1900. The summed E-state index contributed by atoms with van der Waals surface area (Å²) >= 11 is 0. The first kappa shape index (κ1) is 40.5. The number of fused-ring (bicyclic) bond motifs is 1. The molecule has 0 radical (unpaired) electrons. The molecule has 0 amide bonds. The molecule has 0 aliphatic heterocycles. The summed E-state index contributed by atoms with van der Waals surface area (Å²) in [4.78, 5) is 59.9. The molecule has 0 spiro atoms. The maximum absolute atomic E-state index is 12.9. The van der Waals surface area contributed by atoms with Gasteiger partial charge in [-0.05, 0) is 135 Å². The normalized spacial score (nSPS) is 10.5. The smallest absolute Gasteiger partial charge is 0.343 e. The zero-order valence-corrected chi connectivity index (χ0v) is 30.1. The summed E-state index contributed by atoms with van der Waals surface area (Å²) in [6.07, 6.45) is 9.76. The molecule has 4 rings (SSSR count). The predicted molar refractivity (Wildman–Crippen MR) is 202 cm³/mol. The molecular formula is C43H44O11. The highest BCUT2D eigenvalue weighted by molar-refractivity contribution is 5.97. The van der Waals surface area contributed by atoms with Gasteiger partial charge < -0.3 is 28.4 Å². The van der Waals surface area contributed by atoms with Gasteiger partial charge in [0.1, 0.15) is 23.0 Å². The molecule has 0 unspecified atom stereocenters. The van der Waals surface area contributed by atoms with Crippen molar-refractivity contribution in [3.05, 3.63) is 121 Å². The monoisotopic (exact) mass is 736 g/mol. The van der Waals surface area contributed by atoms with Gasteiger partial charge in [0.25, 0.3) is 0 Å². The quantitative estimate of drug-likeness (QED) is 0.0238. The minimum Gasteiger partial charge on any atom is -0.494 e. The van der Waals surface area contributed by atoms with Gasteiger partial charge in [-0.3, -0.25) is 4.79 Å². The average molecular weight is 737 g/mol. The van der Waals surface area contributed by atoms with Gasteiger partial charge in [0, 0.05) is 12.2 Å². The predicted octanol–water partition coefficient (Wildman–Crippen LogP) is 8.43. The van der Waals surface area contributed by atoms with Gasteiger partial charge in [-0.15, -0.1) is 0 Å². The highest BCUT2D eigenvalue weighted by atomic mass is 16.5. The van der Waals surface area contributed by atoms with Crippen LogP contribution in [-0.4, -0.2) is 56.6 Å². The second kappa shape index (κ2) is 22.0. The topological polar surface area (TPSA) is 141 Å². The van der Waals surface area contributed by atoms with Gasteiger partial charge in [0.2, 0.25) is 0 Å². The Labute approximate surface area is 314 Å². The van der Waals surface area contributed by atoms with E-state index in [9.17, 15) is 24.0 Å². The van der Waals surface area contributed by atoms with Gasteiger partial charge >= 0.3 is 23.9 Å². The molecule has 4 aromatic carbocycles. The van der Waals surface area contributed by atoms with E-state index in [-0.39, 0.29) is 22.6 Å². The average Bonchev–Trinajstić information content (AvgIpc) is 3.19. The molecule has 54 heavy (non-hydrogen) atoms. The maximum atomic E-state index is 12.9. The van der Waals surface area contributed by atoms with E-state index in [4.69, 9.17) is 28.4 Å². The molecule has 0 N–H and O–H groups in total. The van der Waals surface area contributed by atoms with E-state index in [2.05, 4.69) is 13.2 Å². The highest BCUT2D eigenvalue weighted by Crippen LogP contribution is 2.29. The molecule has 282 valence electrons. The van der Waals surface area contributed by atoms with Crippen LogP contribution >= 0.6 is 0 Å². The number of carbonyl (C=O) groups excluding carboxylic acids is 5. The van der Waals surface area contributed by atoms with Crippen LogP contribution in [0.5, 0.6) is 23.0 Å². The minimum absolute atomic E-state index is 0.0979. The fraction of sp³-hybridized carbons (Fsp3) is 0.279. The van der Waals surface area contributed by atoms with Gasteiger partial charge in [-0.25, -0.2) is 19.2 Å². The lowest BCUT2D eigenvalue weighted by Crippen LogP contribution is -2.10. The van der Waals surface area contributed by atoms with E-state index in [0.717, 1.165) is 63.5 Å².